The maximum Gasteiger partial charge on any atom is 0.248 e. The SMILES string of the molecule is C/C=C/C(=O)NC1=C(O)CCC1=O. The van der Waals surface area contributed by atoms with Crippen molar-refractivity contribution in [3.8, 4) is 0 Å². The van der Waals surface area contributed by atoms with Crippen molar-refractivity contribution < 1.29 is 14.7 Å². The first-order valence-electron chi connectivity index (χ1n) is 4.04. The molecule has 2 N–H and O–H groups in total. The molecule has 0 atom stereocenters. The predicted octanol–water partition coefficient (Wildman–Crippen LogP) is 0.811. The molecule has 1 amide bonds. The van der Waals surface area contributed by atoms with Gasteiger partial charge < -0.3 is 10.4 Å². The van der Waals surface area contributed by atoms with E-state index in [0.717, 1.165) is 0 Å². The van der Waals surface area contributed by atoms with Crippen LogP contribution in [0.1, 0.15) is 19.8 Å². The van der Waals surface area contributed by atoms with E-state index in [1.54, 1.807) is 13.0 Å². The highest BCUT2D eigenvalue weighted by Gasteiger charge is 2.23. The summed E-state index contributed by atoms with van der Waals surface area (Å²) in [5, 5.41) is 11.5. The molecular weight excluding hydrogens is 170 g/mol. The molecule has 1 rings (SSSR count). The molecule has 1 aliphatic rings. The van der Waals surface area contributed by atoms with Crippen LogP contribution in [-0.4, -0.2) is 16.8 Å². The third kappa shape index (κ3) is 2.18. The smallest absolute Gasteiger partial charge is 0.248 e. The normalized spacial score (nSPS) is 17.2. The maximum atomic E-state index is 11.1. The van der Waals surface area contributed by atoms with Gasteiger partial charge in [0, 0.05) is 12.8 Å². The first-order valence-corrected chi connectivity index (χ1v) is 4.04. The molecule has 0 spiro atoms. The van der Waals surface area contributed by atoms with Gasteiger partial charge in [0.15, 0.2) is 5.78 Å². The Balaban J connectivity index is 2.68. The van der Waals surface area contributed by atoms with Crippen LogP contribution in [0.25, 0.3) is 0 Å². The minimum Gasteiger partial charge on any atom is -0.510 e. The van der Waals surface area contributed by atoms with Gasteiger partial charge in [-0.05, 0) is 13.0 Å². The van der Waals surface area contributed by atoms with Gasteiger partial charge in [-0.15, -0.1) is 0 Å². The summed E-state index contributed by atoms with van der Waals surface area (Å²) in [5.74, 6) is -0.627. The van der Waals surface area contributed by atoms with Crippen LogP contribution in [0.2, 0.25) is 0 Å². The number of allylic oxidation sites excluding steroid dienone is 3. The van der Waals surface area contributed by atoms with E-state index in [2.05, 4.69) is 5.32 Å². The molecule has 0 fully saturated rings. The lowest BCUT2D eigenvalue weighted by Gasteiger charge is -2.01. The Labute approximate surface area is 75.9 Å². The summed E-state index contributed by atoms with van der Waals surface area (Å²) >= 11 is 0. The monoisotopic (exact) mass is 181 g/mol. The molecule has 0 aromatic heterocycles. The summed E-state index contributed by atoms with van der Waals surface area (Å²) in [6.45, 7) is 1.70. The Morgan fingerprint density at radius 2 is 2.23 bits per heavy atom. The van der Waals surface area contributed by atoms with Crippen LogP contribution in [0.15, 0.2) is 23.6 Å². The van der Waals surface area contributed by atoms with Crippen LogP contribution in [0.5, 0.6) is 0 Å². The number of ketones is 1. The van der Waals surface area contributed by atoms with Crippen molar-refractivity contribution in [3.63, 3.8) is 0 Å². The first kappa shape index (κ1) is 9.51. The van der Waals surface area contributed by atoms with Crippen LogP contribution in [0.4, 0.5) is 0 Å². The minimum absolute atomic E-state index is 0.0251. The molecule has 70 valence electrons. The summed E-state index contributed by atoms with van der Waals surface area (Å²) in [4.78, 5) is 22.1. The summed E-state index contributed by atoms with van der Waals surface area (Å²) in [6.07, 6.45) is 3.46. The maximum absolute atomic E-state index is 11.1. The number of carbonyl (C=O) groups excluding carboxylic acids is 2. The Morgan fingerprint density at radius 3 is 2.69 bits per heavy atom. The number of nitrogens with one attached hydrogen (secondary N) is 1. The van der Waals surface area contributed by atoms with Gasteiger partial charge in [0.05, 0.1) is 0 Å². The summed E-state index contributed by atoms with van der Waals surface area (Å²) in [5.41, 5.74) is 0.0445. The highest BCUT2D eigenvalue weighted by molar-refractivity contribution is 6.03. The van der Waals surface area contributed by atoms with Gasteiger partial charge in [-0.1, -0.05) is 6.08 Å². The fourth-order valence-corrected chi connectivity index (χ4v) is 1.10. The van der Waals surface area contributed by atoms with Crippen LogP contribution in [-0.2, 0) is 9.59 Å². The Morgan fingerprint density at radius 1 is 1.54 bits per heavy atom. The number of aliphatic hydroxyl groups is 1. The molecule has 13 heavy (non-hydrogen) atoms. The number of carbonyl (C=O) groups is 2. The van der Waals surface area contributed by atoms with Gasteiger partial charge in [0.1, 0.15) is 11.5 Å². The molecule has 0 aliphatic heterocycles. The number of rotatable bonds is 2. The highest BCUT2D eigenvalue weighted by atomic mass is 16.3. The molecular formula is C9H11NO3. The van der Waals surface area contributed by atoms with E-state index in [4.69, 9.17) is 0 Å². The lowest BCUT2D eigenvalue weighted by molar-refractivity contribution is -0.119. The molecule has 0 bridgehead atoms. The molecule has 0 aromatic rings. The van der Waals surface area contributed by atoms with Gasteiger partial charge in [-0.25, -0.2) is 0 Å². The van der Waals surface area contributed by atoms with Crippen molar-refractivity contribution >= 4 is 11.7 Å². The first-order chi connectivity index (χ1) is 6.15. The molecule has 4 heteroatoms. The summed E-state index contributed by atoms with van der Waals surface area (Å²) < 4.78 is 0. The van der Waals surface area contributed by atoms with E-state index < -0.39 is 0 Å². The van der Waals surface area contributed by atoms with Crippen LogP contribution < -0.4 is 5.32 Å². The number of hydrogen-bond donors (Lipinski definition) is 2. The lowest BCUT2D eigenvalue weighted by Crippen LogP contribution is -2.24. The van der Waals surface area contributed by atoms with Crippen LogP contribution in [0.3, 0.4) is 0 Å². The van der Waals surface area contributed by atoms with Crippen molar-refractivity contribution in [3.05, 3.63) is 23.6 Å². The van der Waals surface area contributed by atoms with E-state index in [0.29, 0.717) is 6.42 Å². The van der Waals surface area contributed by atoms with Crippen molar-refractivity contribution in [2.24, 2.45) is 0 Å². The molecule has 0 radical (unpaired) electrons. The zero-order valence-corrected chi connectivity index (χ0v) is 7.33. The minimum atomic E-state index is -0.390. The zero-order valence-electron chi connectivity index (χ0n) is 7.33. The topological polar surface area (TPSA) is 66.4 Å². The Bertz CT molecular complexity index is 302. The molecule has 0 saturated carbocycles. The van der Waals surface area contributed by atoms with E-state index in [1.165, 1.54) is 6.08 Å². The summed E-state index contributed by atoms with van der Waals surface area (Å²) in [7, 11) is 0. The molecule has 0 aromatic carbocycles. The quantitative estimate of drug-likeness (QED) is 0.619. The third-order valence-corrected chi connectivity index (χ3v) is 1.72. The zero-order chi connectivity index (χ0) is 9.84. The van der Waals surface area contributed by atoms with Crippen molar-refractivity contribution in [2.45, 2.75) is 19.8 Å². The standard InChI is InChI=1S/C9H11NO3/c1-2-3-8(13)10-9-6(11)4-5-7(9)12/h2-3,11H,4-5H2,1H3,(H,10,13)/b3-2+. The molecule has 0 saturated heterocycles. The van der Waals surface area contributed by atoms with E-state index >= 15 is 0 Å². The largest absolute Gasteiger partial charge is 0.510 e. The highest BCUT2D eigenvalue weighted by Crippen LogP contribution is 2.17. The molecule has 1 aliphatic carbocycles. The van der Waals surface area contributed by atoms with Gasteiger partial charge in [-0.3, -0.25) is 9.59 Å². The Hall–Kier alpha value is -1.58. The van der Waals surface area contributed by atoms with E-state index in [9.17, 15) is 14.7 Å². The van der Waals surface area contributed by atoms with Crippen molar-refractivity contribution in [1.82, 2.24) is 5.32 Å². The van der Waals surface area contributed by atoms with Gasteiger partial charge in [0.25, 0.3) is 0 Å². The molecule has 0 heterocycles. The molecule has 0 unspecified atom stereocenters. The second-order valence-electron chi connectivity index (χ2n) is 2.73. The number of hydrogen-bond acceptors (Lipinski definition) is 3. The Kier molecular flexibility index (Phi) is 2.84. The number of amides is 1. The number of aliphatic hydroxyl groups excluding tert-OH is 1. The lowest BCUT2D eigenvalue weighted by atomic mass is 10.3. The number of Topliss-reactive ketones (excluding diaryl/α,β-unsaturated/α-hetero) is 1. The van der Waals surface area contributed by atoms with Gasteiger partial charge in [0.2, 0.25) is 5.91 Å². The second kappa shape index (κ2) is 3.89. The van der Waals surface area contributed by atoms with E-state index in [1.807, 2.05) is 0 Å². The van der Waals surface area contributed by atoms with Gasteiger partial charge >= 0.3 is 0 Å². The van der Waals surface area contributed by atoms with Crippen molar-refractivity contribution in [1.29, 1.82) is 0 Å². The third-order valence-electron chi connectivity index (χ3n) is 1.72. The average molecular weight is 181 g/mol. The fourth-order valence-electron chi connectivity index (χ4n) is 1.10. The van der Waals surface area contributed by atoms with E-state index in [-0.39, 0.29) is 29.6 Å². The second-order valence-corrected chi connectivity index (χ2v) is 2.73. The van der Waals surface area contributed by atoms with Gasteiger partial charge in [-0.2, -0.15) is 0 Å². The van der Waals surface area contributed by atoms with Crippen LogP contribution >= 0.6 is 0 Å². The van der Waals surface area contributed by atoms with Crippen molar-refractivity contribution in [2.75, 3.05) is 0 Å². The average Bonchev–Trinajstić information content (AvgIpc) is 2.36. The molecule has 4 nitrogen and oxygen atoms in total. The summed E-state index contributed by atoms with van der Waals surface area (Å²) in [6, 6.07) is 0. The fraction of sp³-hybridized carbons (Fsp3) is 0.333. The predicted molar refractivity (Wildman–Crippen MR) is 46.9 cm³/mol. The van der Waals surface area contributed by atoms with Crippen LogP contribution in [0, 0.1) is 0 Å².